The quantitative estimate of drug-likeness (QED) is 0.669. The Bertz CT molecular complexity index is 656. The molecule has 0 aliphatic carbocycles. The molecule has 0 radical (unpaired) electrons. The molecule has 136 valence electrons. The summed E-state index contributed by atoms with van der Waals surface area (Å²) in [5, 5.41) is 3.50. The molecule has 0 fully saturated rings. The van der Waals surface area contributed by atoms with E-state index in [4.69, 9.17) is 9.47 Å². The number of nitrogens with zero attached hydrogens (tertiary/aromatic N) is 1. The third-order valence-electron chi connectivity index (χ3n) is 4.19. The molecule has 0 amide bonds. The SMILES string of the molecule is COc1cccc(CNCCCN(C)C)c1OCc1ccccc1C. The van der Waals surface area contributed by atoms with E-state index in [1.54, 1.807) is 7.11 Å². The Morgan fingerprint density at radius 3 is 2.48 bits per heavy atom. The van der Waals surface area contributed by atoms with Crippen LogP contribution in [0.3, 0.4) is 0 Å². The van der Waals surface area contributed by atoms with Gasteiger partial charge in [0.15, 0.2) is 11.5 Å². The van der Waals surface area contributed by atoms with Crippen molar-refractivity contribution in [3.8, 4) is 11.5 Å². The van der Waals surface area contributed by atoms with E-state index in [1.807, 2.05) is 24.3 Å². The lowest BCUT2D eigenvalue weighted by Crippen LogP contribution is -2.21. The van der Waals surface area contributed by atoms with Crippen molar-refractivity contribution in [2.45, 2.75) is 26.5 Å². The minimum Gasteiger partial charge on any atom is -0.493 e. The van der Waals surface area contributed by atoms with E-state index in [0.29, 0.717) is 6.61 Å². The van der Waals surface area contributed by atoms with Crippen molar-refractivity contribution in [3.05, 3.63) is 59.2 Å². The summed E-state index contributed by atoms with van der Waals surface area (Å²) in [4.78, 5) is 2.20. The lowest BCUT2D eigenvalue weighted by atomic mass is 10.1. The molecular weight excluding hydrogens is 312 g/mol. The molecule has 0 saturated carbocycles. The van der Waals surface area contributed by atoms with Gasteiger partial charge in [0.05, 0.1) is 7.11 Å². The molecule has 0 spiro atoms. The monoisotopic (exact) mass is 342 g/mol. The van der Waals surface area contributed by atoms with Crippen molar-refractivity contribution in [2.75, 3.05) is 34.3 Å². The summed E-state index contributed by atoms with van der Waals surface area (Å²) in [5.74, 6) is 1.61. The van der Waals surface area contributed by atoms with Crippen LogP contribution in [0.15, 0.2) is 42.5 Å². The summed E-state index contributed by atoms with van der Waals surface area (Å²) in [6, 6.07) is 14.3. The zero-order valence-electron chi connectivity index (χ0n) is 15.8. The topological polar surface area (TPSA) is 33.7 Å². The van der Waals surface area contributed by atoms with Gasteiger partial charge in [0, 0.05) is 12.1 Å². The molecule has 0 aromatic heterocycles. The third kappa shape index (κ3) is 6.07. The lowest BCUT2D eigenvalue weighted by molar-refractivity contribution is 0.280. The first-order chi connectivity index (χ1) is 12.1. The van der Waals surface area contributed by atoms with E-state index in [0.717, 1.165) is 43.1 Å². The molecule has 4 nitrogen and oxygen atoms in total. The Hall–Kier alpha value is -2.04. The van der Waals surface area contributed by atoms with Crippen LogP contribution in [0.2, 0.25) is 0 Å². The lowest BCUT2D eigenvalue weighted by Gasteiger charge is -2.16. The summed E-state index contributed by atoms with van der Waals surface area (Å²) in [7, 11) is 5.88. The molecule has 25 heavy (non-hydrogen) atoms. The fourth-order valence-corrected chi connectivity index (χ4v) is 2.69. The highest BCUT2D eigenvalue weighted by molar-refractivity contribution is 5.46. The van der Waals surface area contributed by atoms with E-state index < -0.39 is 0 Å². The van der Waals surface area contributed by atoms with E-state index >= 15 is 0 Å². The minimum atomic E-state index is 0.542. The summed E-state index contributed by atoms with van der Waals surface area (Å²) in [5.41, 5.74) is 3.55. The van der Waals surface area contributed by atoms with Gasteiger partial charge in [0.1, 0.15) is 6.61 Å². The summed E-state index contributed by atoms with van der Waals surface area (Å²) >= 11 is 0. The van der Waals surface area contributed by atoms with Gasteiger partial charge in [-0.1, -0.05) is 36.4 Å². The van der Waals surface area contributed by atoms with Gasteiger partial charge < -0.3 is 19.7 Å². The number of ether oxygens (including phenoxy) is 2. The molecule has 0 aliphatic rings. The van der Waals surface area contributed by atoms with E-state index in [2.05, 4.69) is 49.4 Å². The molecule has 0 saturated heterocycles. The highest BCUT2D eigenvalue weighted by Crippen LogP contribution is 2.32. The van der Waals surface area contributed by atoms with Gasteiger partial charge >= 0.3 is 0 Å². The van der Waals surface area contributed by atoms with Gasteiger partial charge in [0.2, 0.25) is 0 Å². The van der Waals surface area contributed by atoms with E-state index in [9.17, 15) is 0 Å². The molecule has 2 rings (SSSR count). The molecule has 0 unspecified atom stereocenters. The van der Waals surface area contributed by atoms with Crippen molar-refractivity contribution in [2.24, 2.45) is 0 Å². The molecule has 2 aromatic carbocycles. The Morgan fingerprint density at radius 1 is 1.00 bits per heavy atom. The number of aryl methyl sites for hydroxylation is 1. The maximum absolute atomic E-state index is 6.15. The predicted octanol–water partition coefficient (Wildman–Crippen LogP) is 3.62. The second kappa shape index (κ2) is 10.1. The van der Waals surface area contributed by atoms with Crippen molar-refractivity contribution in [1.82, 2.24) is 10.2 Å². The predicted molar refractivity (Wildman–Crippen MR) is 103 cm³/mol. The van der Waals surface area contributed by atoms with Crippen molar-refractivity contribution < 1.29 is 9.47 Å². The Labute approximate surface area is 151 Å². The van der Waals surface area contributed by atoms with Crippen LogP contribution in [0.1, 0.15) is 23.1 Å². The first kappa shape index (κ1) is 19.3. The second-order valence-electron chi connectivity index (χ2n) is 6.50. The Balaban J connectivity index is 2.01. The van der Waals surface area contributed by atoms with Crippen LogP contribution in [0.5, 0.6) is 11.5 Å². The van der Waals surface area contributed by atoms with Crippen LogP contribution in [0.25, 0.3) is 0 Å². The highest BCUT2D eigenvalue weighted by Gasteiger charge is 2.11. The first-order valence-corrected chi connectivity index (χ1v) is 8.80. The largest absolute Gasteiger partial charge is 0.493 e. The Morgan fingerprint density at radius 2 is 1.76 bits per heavy atom. The number of para-hydroxylation sites is 1. The number of hydrogen-bond acceptors (Lipinski definition) is 4. The number of rotatable bonds is 10. The smallest absolute Gasteiger partial charge is 0.166 e. The average molecular weight is 342 g/mol. The number of nitrogens with one attached hydrogen (secondary N) is 1. The van der Waals surface area contributed by atoms with Crippen molar-refractivity contribution in [3.63, 3.8) is 0 Å². The van der Waals surface area contributed by atoms with Crippen LogP contribution in [-0.2, 0) is 13.2 Å². The average Bonchev–Trinajstić information content (AvgIpc) is 2.61. The van der Waals surface area contributed by atoms with Gasteiger partial charge in [-0.2, -0.15) is 0 Å². The zero-order valence-corrected chi connectivity index (χ0v) is 15.8. The molecule has 1 N–H and O–H groups in total. The summed E-state index contributed by atoms with van der Waals surface area (Å²) < 4.78 is 11.7. The molecule has 0 bridgehead atoms. The van der Waals surface area contributed by atoms with Crippen LogP contribution in [-0.4, -0.2) is 39.2 Å². The van der Waals surface area contributed by atoms with Crippen LogP contribution in [0, 0.1) is 6.92 Å². The van der Waals surface area contributed by atoms with Gasteiger partial charge in [-0.05, 0) is 57.7 Å². The van der Waals surface area contributed by atoms with Crippen molar-refractivity contribution >= 4 is 0 Å². The summed E-state index contributed by atoms with van der Waals surface area (Å²) in [6.45, 7) is 5.48. The second-order valence-corrected chi connectivity index (χ2v) is 6.50. The number of benzene rings is 2. The van der Waals surface area contributed by atoms with E-state index in [-0.39, 0.29) is 0 Å². The summed E-state index contributed by atoms with van der Waals surface area (Å²) in [6.07, 6.45) is 1.12. The number of hydrogen-bond donors (Lipinski definition) is 1. The van der Waals surface area contributed by atoms with Gasteiger partial charge in [-0.3, -0.25) is 0 Å². The van der Waals surface area contributed by atoms with E-state index in [1.165, 1.54) is 11.1 Å². The van der Waals surface area contributed by atoms with Gasteiger partial charge in [-0.25, -0.2) is 0 Å². The first-order valence-electron chi connectivity index (χ1n) is 8.80. The Kier molecular flexibility index (Phi) is 7.76. The van der Waals surface area contributed by atoms with Gasteiger partial charge in [0.25, 0.3) is 0 Å². The maximum Gasteiger partial charge on any atom is 0.166 e. The molecule has 0 atom stereocenters. The number of methoxy groups -OCH3 is 1. The molecule has 2 aromatic rings. The third-order valence-corrected chi connectivity index (χ3v) is 4.19. The normalized spacial score (nSPS) is 10.9. The molecule has 0 heterocycles. The molecule has 4 heteroatoms. The van der Waals surface area contributed by atoms with Crippen LogP contribution in [0.4, 0.5) is 0 Å². The molecular formula is C21H30N2O2. The van der Waals surface area contributed by atoms with Gasteiger partial charge in [-0.15, -0.1) is 0 Å². The van der Waals surface area contributed by atoms with Crippen LogP contribution < -0.4 is 14.8 Å². The minimum absolute atomic E-state index is 0.542. The zero-order chi connectivity index (χ0) is 18.1. The highest BCUT2D eigenvalue weighted by atomic mass is 16.5. The van der Waals surface area contributed by atoms with Crippen LogP contribution >= 0.6 is 0 Å². The fraction of sp³-hybridized carbons (Fsp3) is 0.429. The molecule has 0 aliphatic heterocycles. The van der Waals surface area contributed by atoms with Crippen molar-refractivity contribution in [1.29, 1.82) is 0 Å². The maximum atomic E-state index is 6.15. The standard InChI is InChI=1S/C21H30N2O2/c1-17-9-5-6-10-19(17)16-25-21-18(11-7-12-20(21)24-4)15-22-13-8-14-23(2)3/h5-7,9-12,22H,8,13-16H2,1-4H3. The fourth-order valence-electron chi connectivity index (χ4n) is 2.69.